The third kappa shape index (κ3) is 1.58. The molecule has 0 aromatic rings. The molecule has 1 N–H and O–H groups in total. The Bertz CT molecular complexity index is 297. The number of hydrogen-bond donors (Lipinski definition) is 1. The summed E-state index contributed by atoms with van der Waals surface area (Å²) in [6, 6.07) is 0.490. The number of nitrogens with one attached hydrogen (secondary N) is 1. The fraction of sp³-hybridized carbons (Fsp3) is 0.917. The molecule has 1 aliphatic carbocycles. The molecule has 2 saturated heterocycles. The maximum absolute atomic E-state index is 12.4. The quantitative estimate of drug-likeness (QED) is 0.795. The van der Waals surface area contributed by atoms with Crippen LogP contribution in [-0.4, -0.2) is 40.1 Å². The lowest BCUT2D eigenvalue weighted by Crippen LogP contribution is -2.46. The normalized spacial score (nSPS) is 37.1. The van der Waals surface area contributed by atoms with Gasteiger partial charge in [-0.25, -0.2) is 0 Å². The lowest BCUT2D eigenvalue weighted by molar-refractivity contribution is -0.132. The number of carbonyl (C=O) groups is 1. The number of thioether (sulfide) groups is 1. The van der Waals surface area contributed by atoms with Crippen LogP contribution in [0.4, 0.5) is 0 Å². The third-order valence-corrected chi connectivity index (χ3v) is 5.29. The van der Waals surface area contributed by atoms with Gasteiger partial charge in [0, 0.05) is 11.8 Å². The van der Waals surface area contributed by atoms with Crippen molar-refractivity contribution in [1.29, 1.82) is 0 Å². The second kappa shape index (κ2) is 3.91. The molecule has 1 spiro atoms. The number of amides is 1. The van der Waals surface area contributed by atoms with E-state index in [2.05, 4.69) is 17.1 Å². The van der Waals surface area contributed by atoms with Gasteiger partial charge in [0.1, 0.15) is 0 Å². The van der Waals surface area contributed by atoms with Crippen LogP contribution >= 0.6 is 11.8 Å². The van der Waals surface area contributed by atoms with E-state index in [-0.39, 0.29) is 5.54 Å². The van der Waals surface area contributed by atoms with Crippen LogP contribution in [0, 0.1) is 0 Å². The van der Waals surface area contributed by atoms with Crippen LogP contribution in [0.25, 0.3) is 0 Å². The minimum absolute atomic E-state index is 0.122. The zero-order valence-electron chi connectivity index (χ0n) is 9.87. The van der Waals surface area contributed by atoms with Crippen LogP contribution in [0.1, 0.15) is 39.0 Å². The van der Waals surface area contributed by atoms with Gasteiger partial charge in [0.25, 0.3) is 0 Å². The van der Waals surface area contributed by atoms with Crippen LogP contribution in [0.2, 0.25) is 0 Å². The standard InChI is InChI=1S/C12H20N2OS/c1-2-10-13-12(5-6-12)11(15)14(10)9-4-3-7-16-8-9/h9-10,13H,2-8H2,1H3. The van der Waals surface area contributed by atoms with E-state index in [9.17, 15) is 4.79 Å². The van der Waals surface area contributed by atoms with E-state index in [0.717, 1.165) is 25.0 Å². The minimum Gasteiger partial charge on any atom is -0.322 e. The molecule has 1 amide bonds. The number of hydrogen-bond acceptors (Lipinski definition) is 3. The molecule has 16 heavy (non-hydrogen) atoms. The third-order valence-electron chi connectivity index (χ3n) is 4.09. The average molecular weight is 240 g/mol. The molecular formula is C12H20N2OS. The molecule has 0 bridgehead atoms. The molecule has 3 aliphatic rings. The van der Waals surface area contributed by atoms with Gasteiger partial charge in [0.05, 0.1) is 11.7 Å². The first-order valence-corrected chi connectivity index (χ1v) is 7.60. The predicted molar refractivity (Wildman–Crippen MR) is 66.4 cm³/mol. The molecular weight excluding hydrogens is 220 g/mol. The summed E-state index contributed by atoms with van der Waals surface area (Å²) in [5.74, 6) is 2.81. The molecule has 4 heteroatoms. The number of rotatable bonds is 2. The molecule has 0 radical (unpaired) electrons. The van der Waals surface area contributed by atoms with Crippen molar-refractivity contribution in [3.63, 3.8) is 0 Å². The van der Waals surface area contributed by atoms with Crippen molar-refractivity contribution >= 4 is 17.7 Å². The van der Waals surface area contributed by atoms with Crippen molar-refractivity contribution < 1.29 is 4.79 Å². The SMILES string of the molecule is CCC1NC2(CC2)C(=O)N1C1CCCSC1. The summed E-state index contributed by atoms with van der Waals surface area (Å²) < 4.78 is 0. The van der Waals surface area contributed by atoms with E-state index in [1.807, 2.05) is 11.8 Å². The van der Waals surface area contributed by atoms with Crippen LogP contribution in [0.3, 0.4) is 0 Å². The Labute approximate surface area is 101 Å². The smallest absolute Gasteiger partial charge is 0.244 e. The first-order chi connectivity index (χ1) is 7.77. The topological polar surface area (TPSA) is 32.3 Å². The largest absolute Gasteiger partial charge is 0.322 e. The summed E-state index contributed by atoms with van der Waals surface area (Å²) in [6.07, 6.45) is 5.92. The molecule has 90 valence electrons. The van der Waals surface area contributed by atoms with Crippen LogP contribution in [-0.2, 0) is 4.79 Å². The summed E-state index contributed by atoms with van der Waals surface area (Å²) in [5, 5.41) is 3.56. The maximum Gasteiger partial charge on any atom is 0.244 e. The Balaban J connectivity index is 1.78. The van der Waals surface area contributed by atoms with Gasteiger partial charge >= 0.3 is 0 Å². The monoisotopic (exact) mass is 240 g/mol. The summed E-state index contributed by atoms with van der Waals surface area (Å²) in [5.41, 5.74) is -0.122. The summed E-state index contributed by atoms with van der Waals surface area (Å²) in [4.78, 5) is 14.6. The minimum atomic E-state index is -0.122. The predicted octanol–water partition coefficient (Wildman–Crippen LogP) is 1.58. The number of carbonyl (C=O) groups excluding carboxylic acids is 1. The van der Waals surface area contributed by atoms with Gasteiger partial charge in [0.2, 0.25) is 5.91 Å². The van der Waals surface area contributed by atoms with E-state index >= 15 is 0 Å². The fourth-order valence-corrected chi connectivity index (χ4v) is 4.12. The van der Waals surface area contributed by atoms with Crippen molar-refractivity contribution in [2.75, 3.05) is 11.5 Å². The second-order valence-electron chi connectivity index (χ2n) is 5.23. The Morgan fingerprint density at radius 1 is 1.56 bits per heavy atom. The molecule has 3 fully saturated rings. The highest BCUT2D eigenvalue weighted by Gasteiger charge is 2.59. The first kappa shape index (κ1) is 10.9. The zero-order chi connectivity index (χ0) is 11.2. The highest BCUT2D eigenvalue weighted by Crippen LogP contribution is 2.44. The zero-order valence-corrected chi connectivity index (χ0v) is 10.7. The Kier molecular flexibility index (Phi) is 2.67. The molecule has 2 atom stereocenters. The molecule has 3 nitrogen and oxygen atoms in total. The molecule has 2 heterocycles. The molecule has 1 saturated carbocycles. The molecule has 0 aromatic heterocycles. The van der Waals surface area contributed by atoms with E-state index in [0.29, 0.717) is 18.1 Å². The summed E-state index contributed by atoms with van der Waals surface area (Å²) in [6.45, 7) is 2.18. The second-order valence-corrected chi connectivity index (χ2v) is 6.38. The van der Waals surface area contributed by atoms with E-state index in [4.69, 9.17) is 0 Å². The van der Waals surface area contributed by atoms with E-state index < -0.39 is 0 Å². The molecule has 2 unspecified atom stereocenters. The molecule has 0 aromatic carbocycles. The van der Waals surface area contributed by atoms with Gasteiger partial charge in [-0.3, -0.25) is 10.1 Å². The van der Waals surface area contributed by atoms with Gasteiger partial charge in [-0.2, -0.15) is 11.8 Å². The van der Waals surface area contributed by atoms with E-state index in [1.165, 1.54) is 18.6 Å². The van der Waals surface area contributed by atoms with E-state index in [1.54, 1.807) is 0 Å². The van der Waals surface area contributed by atoms with Crippen LogP contribution < -0.4 is 5.32 Å². The van der Waals surface area contributed by atoms with Gasteiger partial charge in [0.15, 0.2) is 0 Å². The van der Waals surface area contributed by atoms with Crippen molar-refractivity contribution in [3.05, 3.63) is 0 Å². The van der Waals surface area contributed by atoms with Gasteiger partial charge in [-0.05, 0) is 37.9 Å². The summed E-state index contributed by atoms with van der Waals surface area (Å²) >= 11 is 2.00. The van der Waals surface area contributed by atoms with Crippen molar-refractivity contribution in [2.45, 2.75) is 56.8 Å². The van der Waals surface area contributed by atoms with Crippen LogP contribution in [0.15, 0.2) is 0 Å². The number of nitrogens with zero attached hydrogens (tertiary/aromatic N) is 1. The van der Waals surface area contributed by atoms with Crippen molar-refractivity contribution in [2.24, 2.45) is 0 Å². The molecule has 3 rings (SSSR count). The highest BCUT2D eigenvalue weighted by atomic mass is 32.2. The Hall–Kier alpha value is -0.220. The summed E-state index contributed by atoms with van der Waals surface area (Å²) in [7, 11) is 0. The first-order valence-electron chi connectivity index (χ1n) is 6.45. The van der Waals surface area contributed by atoms with Crippen LogP contribution in [0.5, 0.6) is 0 Å². The Morgan fingerprint density at radius 2 is 2.38 bits per heavy atom. The fourth-order valence-electron chi connectivity index (χ4n) is 2.98. The lowest BCUT2D eigenvalue weighted by Gasteiger charge is -2.34. The van der Waals surface area contributed by atoms with Gasteiger partial charge in [-0.15, -0.1) is 0 Å². The maximum atomic E-state index is 12.4. The lowest BCUT2D eigenvalue weighted by atomic mass is 10.1. The highest BCUT2D eigenvalue weighted by molar-refractivity contribution is 7.99. The van der Waals surface area contributed by atoms with Crippen molar-refractivity contribution in [3.8, 4) is 0 Å². The molecule has 2 aliphatic heterocycles. The average Bonchev–Trinajstić information content (AvgIpc) is 3.04. The van der Waals surface area contributed by atoms with Gasteiger partial charge < -0.3 is 4.90 Å². The van der Waals surface area contributed by atoms with Crippen molar-refractivity contribution in [1.82, 2.24) is 10.2 Å². The van der Waals surface area contributed by atoms with Gasteiger partial charge in [-0.1, -0.05) is 6.92 Å². The Morgan fingerprint density at radius 3 is 2.94 bits per heavy atom.